The molecular weight excluding hydrogens is 468 g/mol. The number of benzene rings is 2. The highest BCUT2D eigenvalue weighted by atomic mass is 79.9. The zero-order valence-electron chi connectivity index (χ0n) is 17.8. The lowest BCUT2D eigenvalue weighted by Crippen LogP contribution is -2.40. The molecule has 6 heteroatoms. The van der Waals surface area contributed by atoms with Crippen molar-refractivity contribution in [1.82, 2.24) is 0 Å². The number of carbonyl (C=O) groups is 3. The van der Waals surface area contributed by atoms with Crippen LogP contribution >= 0.6 is 15.9 Å². The molecule has 1 N–H and O–H groups in total. The van der Waals surface area contributed by atoms with E-state index in [1.54, 1.807) is 24.3 Å². The van der Waals surface area contributed by atoms with E-state index in [1.807, 2.05) is 26.0 Å². The third-order valence-electron chi connectivity index (χ3n) is 8.02. The second-order valence-corrected chi connectivity index (χ2v) is 10.4. The summed E-state index contributed by atoms with van der Waals surface area (Å²) in [6, 6.07) is 10.6. The summed E-state index contributed by atoms with van der Waals surface area (Å²) in [5.41, 5.74) is 3.87. The minimum absolute atomic E-state index is 0.0807. The Kier molecular flexibility index (Phi) is 4.28. The molecule has 0 spiro atoms. The Labute approximate surface area is 195 Å². The van der Waals surface area contributed by atoms with E-state index in [1.165, 1.54) is 4.90 Å². The third kappa shape index (κ3) is 2.71. The van der Waals surface area contributed by atoms with Crippen molar-refractivity contribution >= 4 is 45.0 Å². The molecular formula is C26H23BrN2O3. The molecule has 0 radical (unpaired) electrons. The lowest BCUT2D eigenvalue weighted by Gasteiger charge is -2.37. The summed E-state index contributed by atoms with van der Waals surface area (Å²) in [6.07, 6.45) is 5.50. The number of nitrogens with one attached hydrogen (secondary N) is 1. The maximum Gasteiger partial charge on any atom is 0.255 e. The number of imide groups is 1. The lowest BCUT2D eigenvalue weighted by atomic mass is 9.63. The molecule has 3 fully saturated rings. The minimum Gasteiger partial charge on any atom is -0.322 e. The first kappa shape index (κ1) is 19.9. The molecule has 5 nitrogen and oxygen atoms in total. The van der Waals surface area contributed by atoms with Gasteiger partial charge in [0.2, 0.25) is 11.8 Å². The SMILES string of the molecule is Cc1c(Br)ccc(NC(=O)c2ccc(N3C(=O)[C@@H]4[C@H]5C=C[C@@H]([C@@H]6C[C@H]56)[C@H]4C3=O)cc2)c1C. The van der Waals surface area contributed by atoms with Crippen molar-refractivity contribution in [1.29, 1.82) is 0 Å². The van der Waals surface area contributed by atoms with Gasteiger partial charge in [-0.05, 0) is 91.5 Å². The highest BCUT2D eigenvalue weighted by molar-refractivity contribution is 9.10. The Morgan fingerprint density at radius 2 is 1.50 bits per heavy atom. The van der Waals surface area contributed by atoms with Crippen LogP contribution in [-0.4, -0.2) is 17.7 Å². The summed E-state index contributed by atoms with van der Waals surface area (Å²) in [4.78, 5) is 40.6. The average Bonchev–Trinajstić information content (AvgIpc) is 3.58. The summed E-state index contributed by atoms with van der Waals surface area (Å²) < 4.78 is 0.999. The quantitative estimate of drug-likeness (QED) is 0.492. The summed E-state index contributed by atoms with van der Waals surface area (Å²) in [5, 5.41) is 2.96. The second-order valence-electron chi connectivity index (χ2n) is 9.51. The van der Waals surface area contributed by atoms with E-state index >= 15 is 0 Å². The van der Waals surface area contributed by atoms with E-state index in [9.17, 15) is 14.4 Å². The predicted octanol–water partition coefficient (Wildman–Crippen LogP) is 4.88. The molecule has 0 unspecified atom stereocenters. The van der Waals surface area contributed by atoms with Crippen molar-refractivity contribution < 1.29 is 14.4 Å². The smallest absolute Gasteiger partial charge is 0.255 e. The maximum atomic E-state index is 13.2. The Morgan fingerprint density at radius 1 is 0.906 bits per heavy atom. The van der Waals surface area contributed by atoms with Crippen LogP contribution in [0, 0.1) is 49.4 Å². The summed E-state index contributed by atoms with van der Waals surface area (Å²) in [6.45, 7) is 3.96. The summed E-state index contributed by atoms with van der Waals surface area (Å²) in [7, 11) is 0. The number of allylic oxidation sites excluding steroid dienone is 2. The lowest BCUT2D eigenvalue weighted by molar-refractivity contribution is -0.124. The highest BCUT2D eigenvalue weighted by Gasteiger charge is 2.67. The first-order valence-electron chi connectivity index (χ1n) is 11.1. The highest BCUT2D eigenvalue weighted by Crippen LogP contribution is 2.65. The van der Waals surface area contributed by atoms with E-state index in [0.717, 1.165) is 27.7 Å². The molecule has 4 aliphatic carbocycles. The zero-order valence-corrected chi connectivity index (χ0v) is 19.4. The van der Waals surface area contributed by atoms with Gasteiger partial charge in [0.1, 0.15) is 0 Å². The zero-order chi connectivity index (χ0) is 22.3. The van der Waals surface area contributed by atoms with E-state index in [2.05, 4.69) is 33.4 Å². The molecule has 1 aliphatic heterocycles. The number of hydrogen-bond acceptors (Lipinski definition) is 3. The first-order valence-corrected chi connectivity index (χ1v) is 11.9. The number of rotatable bonds is 3. The van der Waals surface area contributed by atoms with Crippen LogP contribution in [0.15, 0.2) is 53.0 Å². The van der Waals surface area contributed by atoms with Gasteiger partial charge in [-0.15, -0.1) is 0 Å². The van der Waals surface area contributed by atoms with Gasteiger partial charge in [0.15, 0.2) is 0 Å². The molecule has 162 valence electrons. The van der Waals surface area contributed by atoms with Crippen molar-refractivity contribution in [3.8, 4) is 0 Å². The van der Waals surface area contributed by atoms with E-state index in [-0.39, 0.29) is 41.4 Å². The first-order chi connectivity index (χ1) is 15.4. The van der Waals surface area contributed by atoms with E-state index < -0.39 is 0 Å². The van der Waals surface area contributed by atoms with Gasteiger partial charge in [-0.3, -0.25) is 19.3 Å². The van der Waals surface area contributed by atoms with Crippen LogP contribution in [-0.2, 0) is 9.59 Å². The average molecular weight is 491 g/mol. The number of amides is 3. The fraction of sp³-hybridized carbons (Fsp3) is 0.346. The molecule has 2 aromatic rings. The topological polar surface area (TPSA) is 66.5 Å². The van der Waals surface area contributed by atoms with Crippen LogP contribution in [0.5, 0.6) is 0 Å². The van der Waals surface area contributed by atoms with Gasteiger partial charge in [-0.2, -0.15) is 0 Å². The Morgan fingerprint density at radius 3 is 2.09 bits per heavy atom. The fourth-order valence-electron chi connectivity index (χ4n) is 6.09. The Balaban J connectivity index is 1.23. The molecule has 2 aromatic carbocycles. The van der Waals surface area contributed by atoms with Gasteiger partial charge >= 0.3 is 0 Å². The molecule has 1 heterocycles. The van der Waals surface area contributed by atoms with Gasteiger partial charge in [0, 0.05) is 15.7 Å². The number of carbonyl (C=O) groups excluding carboxylic acids is 3. The number of anilines is 2. The van der Waals surface area contributed by atoms with Crippen molar-refractivity contribution in [3.63, 3.8) is 0 Å². The van der Waals surface area contributed by atoms with Gasteiger partial charge in [-0.25, -0.2) is 0 Å². The number of hydrogen-bond donors (Lipinski definition) is 1. The van der Waals surface area contributed by atoms with Crippen molar-refractivity contribution in [2.75, 3.05) is 10.2 Å². The second kappa shape index (κ2) is 6.88. The fourth-order valence-corrected chi connectivity index (χ4v) is 6.52. The van der Waals surface area contributed by atoms with Crippen molar-refractivity contribution in [2.45, 2.75) is 20.3 Å². The predicted molar refractivity (Wildman–Crippen MR) is 125 cm³/mol. The van der Waals surface area contributed by atoms with Crippen LogP contribution in [0.2, 0.25) is 0 Å². The molecule has 5 aliphatic rings. The minimum atomic E-state index is -0.226. The van der Waals surface area contributed by atoms with Gasteiger partial charge in [-0.1, -0.05) is 28.1 Å². The Hall–Kier alpha value is -2.73. The standard InChI is InChI=1S/C26H23BrN2O3/c1-12-13(2)21(10-9-20(12)27)28-24(30)14-3-5-15(6-4-14)29-25(31)22-16-7-8-17(19-11-18(16)19)23(22)26(29)32/h3-10,16-19,22-23H,11H2,1-2H3,(H,28,30)/t16-,17-,18-,19+,22+,23+/m0/s1. The summed E-state index contributed by atoms with van der Waals surface area (Å²) in [5.74, 6) is 0.764. The van der Waals surface area contributed by atoms with Crippen molar-refractivity contribution in [2.24, 2.45) is 35.5 Å². The van der Waals surface area contributed by atoms with Crippen LogP contribution in [0.25, 0.3) is 0 Å². The number of halogens is 1. The molecule has 3 amide bonds. The van der Waals surface area contributed by atoms with E-state index in [4.69, 9.17) is 0 Å². The molecule has 1 saturated heterocycles. The van der Waals surface area contributed by atoms with E-state index in [0.29, 0.717) is 23.1 Å². The van der Waals surface area contributed by atoms with Gasteiger partial charge in [0.05, 0.1) is 17.5 Å². The van der Waals surface area contributed by atoms with Gasteiger partial charge in [0.25, 0.3) is 5.91 Å². The third-order valence-corrected chi connectivity index (χ3v) is 8.88. The molecule has 2 saturated carbocycles. The molecule has 7 rings (SSSR count). The van der Waals surface area contributed by atoms with Gasteiger partial charge < -0.3 is 5.32 Å². The molecule has 6 atom stereocenters. The molecule has 0 aromatic heterocycles. The maximum absolute atomic E-state index is 13.2. The molecule has 32 heavy (non-hydrogen) atoms. The summed E-state index contributed by atoms with van der Waals surface area (Å²) >= 11 is 3.50. The van der Waals surface area contributed by atoms with Crippen LogP contribution < -0.4 is 10.2 Å². The molecule has 2 bridgehead atoms. The normalized spacial score (nSPS) is 31.5. The Bertz CT molecular complexity index is 1180. The monoisotopic (exact) mass is 490 g/mol. The van der Waals surface area contributed by atoms with Crippen LogP contribution in [0.1, 0.15) is 27.9 Å². The van der Waals surface area contributed by atoms with Crippen LogP contribution in [0.4, 0.5) is 11.4 Å². The van der Waals surface area contributed by atoms with Crippen LogP contribution in [0.3, 0.4) is 0 Å². The number of nitrogens with zero attached hydrogens (tertiary/aromatic N) is 1. The largest absolute Gasteiger partial charge is 0.322 e. The van der Waals surface area contributed by atoms with Crippen molar-refractivity contribution in [3.05, 3.63) is 69.7 Å².